The molecule has 1 aromatic rings. The summed E-state index contributed by atoms with van der Waals surface area (Å²) in [6, 6.07) is 2.65. The number of hydrogen-bond donors (Lipinski definition) is 1. The zero-order chi connectivity index (χ0) is 16.2. The molecule has 6 nitrogen and oxygen atoms in total. The number of aromatic nitrogens is 2. The van der Waals surface area contributed by atoms with Crippen LogP contribution < -0.4 is 9.80 Å². The van der Waals surface area contributed by atoms with E-state index in [-0.39, 0.29) is 5.92 Å². The molecule has 2 fully saturated rings. The van der Waals surface area contributed by atoms with E-state index in [4.69, 9.17) is 5.11 Å². The first-order valence-electron chi connectivity index (χ1n) is 8.75. The molecule has 0 radical (unpaired) electrons. The van der Waals surface area contributed by atoms with Crippen molar-refractivity contribution in [2.75, 3.05) is 29.4 Å². The van der Waals surface area contributed by atoms with E-state index >= 15 is 0 Å². The van der Waals surface area contributed by atoms with Gasteiger partial charge in [-0.2, -0.15) is 0 Å². The molecule has 23 heavy (non-hydrogen) atoms. The third-order valence-corrected chi connectivity index (χ3v) is 5.20. The molecule has 1 N–H and O–H groups in total. The lowest BCUT2D eigenvalue weighted by molar-refractivity contribution is -0.142. The van der Waals surface area contributed by atoms with Crippen molar-refractivity contribution in [2.24, 2.45) is 5.92 Å². The monoisotopic (exact) mass is 318 g/mol. The first kappa shape index (κ1) is 16.0. The van der Waals surface area contributed by atoms with Crippen LogP contribution in [0.25, 0.3) is 0 Å². The van der Waals surface area contributed by atoms with Gasteiger partial charge in [0.1, 0.15) is 18.0 Å². The van der Waals surface area contributed by atoms with E-state index in [9.17, 15) is 4.79 Å². The van der Waals surface area contributed by atoms with Crippen molar-refractivity contribution >= 4 is 17.6 Å². The minimum Gasteiger partial charge on any atom is -0.481 e. The van der Waals surface area contributed by atoms with Crippen molar-refractivity contribution in [3.05, 3.63) is 12.4 Å². The molecule has 2 aliphatic rings. The molecular formula is C17H26N4O2. The van der Waals surface area contributed by atoms with Crippen LogP contribution in [0.3, 0.4) is 0 Å². The Kier molecular flexibility index (Phi) is 4.98. The molecule has 1 aromatic heterocycles. The smallest absolute Gasteiger partial charge is 0.306 e. The molecule has 0 spiro atoms. The predicted molar refractivity (Wildman–Crippen MR) is 89.9 cm³/mol. The molecule has 126 valence electrons. The average molecular weight is 318 g/mol. The van der Waals surface area contributed by atoms with Gasteiger partial charge in [-0.3, -0.25) is 4.79 Å². The lowest BCUT2D eigenvalue weighted by atomic mass is 9.97. The summed E-state index contributed by atoms with van der Waals surface area (Å²) in [5.74, 6) is 1.06. The molecule has 1 atom stereocenters. The Bertz CT molecular complexity index is 543. The van der Waals surface area contributed by atoms with Gasteiger partial charge in [0.25, 0.3) is 0 Å². The van der Waals surface area contributed by atoms with E-state index in [0.717, 1.165) is 37.7 Å². The Morgan fingerprint density at radius 1 is 1.17 bits per heavy atom. The van der Waals surface area contributed by atoms with Gasteiger partial charge in [-0.15, -0.1) is 0 Å². The van der Waals surface area contributed by atoms with Crippen LogP contribution in [0.15, 0.2) is 12.4 Å². The molecule has 0 saturated carbocycles. The van der Waals surface area contributed by atoms with Crippen LogP contribution in [-0.2, 0) is 4.79 Å². The van der Waals surface area contributed by atoms with Crippen LogP contribution in [-0.4, -0.2) is 46.7 Å². The van der Waals surface area contributed by atoms with E-state index in [0.29, 0.717) is 18.9 Å². The number of hydrogen-bond acceptors (Lipinski definition) is 5. The molecule has 1 unspecified atom stereocenters. The summed E-state index contributed by atoms with van der Waals surface area (Å²) < 4.78 is 0. The molecular weight excluding hydrogens is 292 g/mol. The van der Waals surface area contributed by atoms with Crippen LogP contribution in [0.1, 0.15) is 45.4 Å². The van der Waals surface area contributed by atoms with Crippen LogP contribution in [0.5, 0.6) is 0 Å². The molecule has 2 saturated heterocycles. The fourth-order valence-corrected chi connectivity index (χ4v) is 3.75. The molecule has 6 heteroatoms. The molecule has 3 rings (SSSR count). The van der Waals surface area contributed by atoms with Gasteiger partial charge in [-0.1, -0.05) is 6.92 Å². The van der Waals surface area contributed by atoms with Gasteiger partial charge in [0.05, 0.1) is 5.92 Å². The molecule has 0 aromatic carbocycles. The Morgan fingerprint density at radius 3 is 2.61 bits per heavy atom. The van der Waals surface area contributed by atoms with Crippen LogP contribution >= 0.6 is 0 Å². The summed E-state index contributed by atoms with van der Waals surface area (Å²) in [5, 5.41) is 9.11. The number of aliphatic carboxylic acids is 1. The summed E-state index contributed by atoms with van der Waals surface area (Å²) in [4.78, 5) is 24.6. The maximum atomic E-state index is 11.1. The summed E-state index contributed by atoms with van der Waals surface area (Å²) in [7, 11) is 0. The largest absolute Gasteiger partial charge is 0.481 e. The Hall–Kier alpha value is -1.85. The van der Waals surface area contributed by atoms with Gasteiger partial charge in [-0.05, 0) is 38.5 Å². The highest BCUT2D eigenvalue weighted by atomic mass is 16.4. The second-order valence-corrected chi connectivity index (χ2v) is 6.59. The van der Waals surface area contributed by atoms with Gasteiger partial charge < -0.3 is 14.9 Å². The quantitative estimate of drug-likeness (QED) is 0.920. The molecule has 2 aliphatic heterocycles. The van der Waals surface area contributed by atoms with Crippen LogP contribution in [0.4, 0.5) is 11.6 Å². The van der Waals surface area contributed by atoms with Gasteiger partial charge in [0.2, 0.25) is 0 Å². The van der Waals surface area contributed by atoms with Gasteiger partial charge in [0.15, 0.2) is 0 Å². The van der Waals surface area contributed by atoms with E-state index < -0.39 is 5.97 Å². The second-order valence-electron chi connectivity index (χ2n) is 6.59. The maximum Gasteiger partial charge on any atom is 0.306 e. The lowest BCUT2D eigenvalue weighted by Gasteiger charge is -2.37. The molecule has 3 heterocycles. The second kappa shape index (κ2) is 7.15. The number of carboxylic acids is 1. The third-order valence-electron chi connectivity index (χ3n) is 5.20. The number of carbonyl (C=O) groups is 1. The number of rotatable bonds is 4. The number of nitrogens with zero attached hydrogens (tertiary/aromatic N) is 4. The average Bonchev–Trinajstić information content (AvgIpc) is 2.62. The maximum absolute atomic E-state index is 11.1. The topological polar surface area (TPSA) is 69.6 Å². The van der Waals surface area contributed by atoms with Gasteiger partial charge in [0, 0.05) is 31.7 Å². The predicted octanol–water partition coefficient (Wildman–Crippen LogP) is 2.55. The van der Waals surface area contributed by atoms with Crippen molar-refractivity contribution in [3.8, 4) is 0 Å². The Morgan fingerprint density at radius 2 is 1.91 bits per heavy atom. The van der Waals surface area contributed by atoms with E-state index in [1.165, 1.54) is 19.3 Å². The Balaban J connectivity index is 1.71. The van der Waals surface area contributed by atoms with Crippen molar-refractivity contribution in [1.82, 2.24) is 9.97 Å². The van der Waals surface area contributed by atoms with Gasteiger partial charge >= 0.3 is 5.97 Å². The number of piperidine rings is 2. The van der Waals surface area contributed by atoms with Crippen molar-refractivity contribution < 1.29 is 9.90 Å². The summed E-state index contributed by atoms with van der Waals surface area (Å²) in [6.07, 6.45) is 7.93. The minimum absolute atomic E-state index is 0.209. The number of anilines is 2. The van der Waals surface area contributed by atoms with Gasteiger partial charge in [-0.25, -0.2) is 9.97 Å². The zero-order valence-electron chi connectivity index (χ0n) is 13.8. The van der Waals surface area contributed by atoms with Crippen LogP contribution in [0, 0.1) is 5.92 Å². The van der Waals surface area contributed by atoms with E-state index in [2.05, 4.69) is 32.8 Å². The number of carboxylic acid groups (broad SMARTS) is 1. The fraction of sp³-hybridized carbons (Fsp3) is 0.706. The normalized spacial score (nSPS) is 23.1. The zero-order valence-corrected chi connectivity index (χ0v) is 13.8. The first-order valence-corrected chi connectivity index (χ1v) is 8.75. The molecule has 0 amide bonds. The highest BCUT2D eigenvalue weighted by Crippen LogP contribution is 2.28. The fourth-order valence-electron chi connectivity index (χ4n) is 3.75. The SMILES string of the molecule is CCC1CCCCN1c1cc(N2CCC(C(=O)O)CC2)ncn1. The summed E-state index contributed by atoms with van der Waals surface area (Å²) in [6.45, 7) is 4.81. The summed E-state index contributed by atoms with van der Waals surface area (Å²) in [5.41, 5.74) is 0. The van der Waals surface area contributed by atoms with Crippen molar-refractivity contribution in [3.63, 3.8) is 0 Å². The highest BCUT2D eigenvalue weighted by Gasteiger charge is 2.26. The van der Waals surface area contributed by atoms with E-state index in [1.807, 2.05) is 0 Å². The third kappa shape index (κ3) is 3.57. The minimum atomic E-state index is -0.674. The molecule has 0 bridgehead atoms. The van der Waals surface area contributed by atoms with Crippen molar-refractivity contribution in [2.45, 2.75) is 51.5 Å². The summed E-state index contributed by atoms with van der Waals surface area (Å²) >= 11 is 0. The van der Waals surface area contributed by atoms with Crippen molar-refractivity contribution in [1.29, 1.82) is 0 Å². The first-order chi connectivity index (χ1) is 11.2. The Labute approximate surface area is 137 Å². The lowest BCUT2D eigenvalue weighted by Crippen LogP contribution is -2.40. The highest BCUT2D eigenvalue weighted by molar-refractivity contribution is 5.70. The standard InChI is InChI=1S/C17H26N4O2/c1-2-14-5-3-4-8-21(14)16-11-15(18-12-19-16)20-9-6-13(7-10-20)17(22)23/h11-14H,2-10H2,1H3,(H,22,23). The van der Waals surface area contributed by atoms with E-state index in [1.54, 1.807) is 6.33 Å². The molecule has 0 aliphatic carbocycles. The van der Waals surface area contributed by atoms with Crippen LogP contribution in [0.2, 0.25) is 0 Å².